The fourth-order valence-corrected chi connectivity index (χ4v) is 3.23. The summed E-state index contributed by atoms with van der Waals surface area (Å²) in [7, 11) is 0. The maximum absolute atomic E-state index is 12.2. The van der Waals surface area contributed by atoms with Gasteiger partial charge in [0.1, 0.15) is 12.4 Å². The summed E-state index contributed by atoms with van der Waals surface area (Å²) in [6.07, 6.45) is 0.993. The number of amides is 1. The van der Waals surface area contributed by atoms with Crippen molar-refractivity contribution in [2.75, 3.05) is 11.1 Å². The van der Waals surface area contributed by atoms with E-state index < -0.39 is 0 Å². The lowest BCUT2D eigenvalue weighted by Gasteiger charge is -2.08. The summed E-state index contributed by atoms with van der Waals surface area (Å²) in [4.78, 5) is 16.5. The Kier molecular flexibility index (Phi) is 6.95. The number of carbonyl (C=O) groups is 1. The minimum atomic E-state index is -0.144. The lowest BCUT2D eigenvalue weighted by molar-refractivity contribution is -0.113. The molecule has 8 heteroatoms. The number of thioether (sulfide) groups is 1. The Morgan fingerprint density at radius 1 is 1.25 bits per heavy atom. The van der Waals surface area contributed by atoms with E-state index in [1.807, 2.05) is 37.3 Å². The number of anilines is 1. The third-order valence-electron chi connectivity index (χ3n) is 4.09. The van der Waals surface area contributed by atoms with Gasteiger partial charge >= 0.3 is 0 Å². The quantitative estimate of drug-likeness (QED) is 0.523. The molecule has 0 saturated carbocycles. The third kappa shape index (κ3) is 5.50. The maximum atomic E-state index is 12.2. The molecule has 28 heavy (non-hydrogen) atoms. The number of hydrogen-bond acceptors (Lipinski definition) is 5. The number of nitrogens with one attached hydrogen (secondary N) is 2. The molecule has 0 aliphatic heterocycles. The van der Waals surface area contributed by atoms with Crippen molar-refractivity contribution in [1.29, 1.82) is 0 Å². The van der Waals surface area contributed by atoms with Gasteiger partial charge < -0.3 is 10.1 Å². The molecule has 2 aromatic carbocycles. The summed E-state index contributed by atoms with van der Waals surface area (Å²) in [5, 5.41) is 10.9. The molecule has 0 radical (unpaired) electrons. The second-order valence-electron chi connectivity index (χ2n) is 6.10. The molecule has 0 saturated heterocycles. The molecule has 0 atom stereocenters. The highest BCUT2D eigenvalue weighted by Gasteiger charge is 2.10. The smallest absolute Gasteiger partial charge is 0.234 e. The Labute approximate surface area is 173 Å². The molecular weight excluding hydrogens is 396 g/mol. The van der Waals surface area contributed by atoms with Crippen LogP contribution >= 0.6 is 23.4 Å². The number of carbonyl (C=O) groups excluding carboxylic acids is 1. The van der Waals surface area contributed by atoms with E-state index >= 15 is 0 Å². The lowest BCUT2D eigenvalue weighted by Crippen LogP contribution is -2.15. The molecule has 2 N–H and O–H groups in total. The largest absolute Gasteiger partial charge is 0.486 e. The fourth-order valence-electron chi connectivity index (χ4n) is 2.44. The van der Waals surface area contributed by atoms with Gasteiger partial charge in [-0.05, 0) is 48.7 Å². The second kappa shape index (κ2) is 9.61. The van der Waals surface area contributed by atoms with Gasteiger partial charge in [0.2, 0.25) is 11.1 Å². The van der Waals surface area contributed by atoms with Gasteiger partial charge in [-0.25, -0.2) is 4.98 Å². The Morgan fingerprint density at radius 3 is 2.79 bits per heavy atom. The van der Waals surface area contributed by atoms with Crippen molar-refractivity contribution in [3.8, 4) is 5.75 Å². The number of benzene rings is 2. The number of ether oxygens (including phenoxy) is 1. The van der Waals surface area contributed by atoms with Crippen LogP contribution in [-0.2, 0) is 17.8 Å². The SMILES string of the molecule is CCc1ccc(OCc2nc(SCC(=O)Nc3cccc(Cl)c3C)n[nH]2)cc1. The van der Waals surface area contributed by atoms with Gasteiger partial charge in [0, 0.05) is 10.7 Å². The number of hydrogen-bond donors (Lipinski definition) is 2. The highest BCUT2D eigenvalue weighted by atomic mass is 35.5. The Morgan fingerprint density at radius 2 is 2.04 bits per heavy atom. The van der Waals surface area contributed by atoms with Gasteiger partial charge in [0.15, 0.2) is 5.82 Å². The molecule has 6 nitrogen and oxygen atoms in total. The minimum absolute atomic E-state index is 0.144. The van der Waals surface area contributed by atoms with Crippen molar-refractivity contribution in [3.05, 3.63) is 64.4 Å². The Hall–Kier alpha value is -2.51. The number of halogens is 1. The van der Waals surface area contributed by atoms with Gasteiger partial charge in [0.25, 0.3) is 0 Å². The first-order chi connectivity index (χ1) is 13.5. The van der Waals surface area contributed by atoms with Crippen molar-refractivity contribution in [1.82, 2.24) is 15.2 Å². The Balaban J connectivity index is 1.47. The first-order valence-electron chi connectivity index (χ1n) is 8.86. The highest BCUT2D eigenvalue weighted by Crippen LogP contribution is 2.23. The predicted octanol–water partition coefficient (Wildman–Crippen LogP) is 4.64. The molecule has 0 unspecified atom stereocenters. The standard InChI is InChI=1S/C20H21ClN4O2S/c1-3-14-7-9-15(10-8-14)27-11-18-23-20(25-24-18)28-12-19(26)22-17-6-4-5-16(21)13(17)2/h4-10H,3,11-12H2,1-2H3,(H,22,26)(H,23,24,25). The van der Waals surface area contributed by atoms with Crippen LogP contribution in [0.25, 0.3) is 0 Å². The van der Waals surface area contributed by atoms with Gasteiger partial charge in [0.05, 0.1) is 5.75 Å². The van der Waals surface area contributed by atoms with Crippen LogP contribution in [0.5, 0.6) is 5.75 Å². The van der Waals surface area contributed by atoms with E-state index in [0.29, 0.717) is 21.7 Å². The van der Waals surface area contributed by atoms with Crippen LogP contribution in [0.4, 0.5) is 5.69 Å². The van der Waals surface area contributed by atoms with Crippen LogP contribution in [0.2, 0.25) is 5.02 Å². The first-order valence-corrected chi connectivity index (χ1v) is 10.2. The Bertz CT molecular complexity index is 944. The summed E-state index contributed by atoms with van der Waals surface area (Å²) in [5.74, 6) is 1.43. The third-order valence-corrected chi connectivity index (χ3v) is 5.35. The zero-order valence-corrected chi connectivity index (χ0v) is 17.2. The molecule has 1 heterocycles. The molecule has 0 spiro atoms. The zero-order chi connectivity index (χ0) is 19.9. The van der Waals surface area contributed by atoms with Crippen LogP contribution in [0.1, 0.15) is 23.9 Å². The second-order valence-corrected chi connectivity index (χ2v) is 7.45. The molecule has 1 amide bonds. The van der Waals surface area contributed by atoms with Crippen LogP contribution in [0.3, 0.4) is 0 Å². The number of H-pyrrole nitrogens is 1. The van der Waals surface area contributed by atoms with Crippen LogP contribution < -0.4 is 10.1 Å². The number of rotatable bonds is 8. The summed E-state index contributed by atoms with van der Waals surface area (Å²) < 4.78 is 5.70. The molecule has 0 bridgehead atoms. The topological polar surface area (TPSA) is 79.9 Å². The molecule has 0 fully saturated rings. The minimum Gasteiger partial charge on any atom is -0.486 e. The number of aromatic amines is 1. The lowest BCUT2D eigenvalue weighted by atomic mass is 10.2. The molecule has 3 aromatic rings. The van der Waals surface area contributed by atoms with E-state index in [-0.39, 0.29) is 18.3 Å². The van der Waals surface area contributed by atoms with Gasteiger partial charge in [-0.3, -0.25) is 9.89 Å². The van der Waals surface area contributed by atoms with Crippen molar-refractivity contribution in [3.63, 3.8) is 0 Å². The van der Waals surface area contributed by atoms with Crippen LogP contribution in [-0.4, -0.2) is 26.8 Å². The maximum Gasteiger partial charge on any atom is 0.234 e. The van der Waals surface area contributed by atoms with Crippen LogP contribution in [0, 0.1) is 6.92 Å². The summed E-state index contributed by atoms with van der Waals surface area (Å²) in [5.41, 5.74) is 2.81. The summed E-state index contributed by atoms with van der Waals surface area (Å²) in [6, 6.07) is 13.4. The van der Waals surface area contributed by atoms with Crippen molar-refractivity contribution >= 4 is 35.0 Å². The summed E-state index contributed by atoms with van der Waals surface area (Å²) >= 11 is 7.32. The number of nitrogens with zero attached hydrogens (tertiary/aromatic N) is 2. The molecule has 146 valence electrons. The number of aromatic nitrogens is 3. The number of aryl methyl sites for hydroxylation is 1. The highest BCUT2D eigenvalue weighted by molar-refractivity contribution is 7.99. The molecule has 3 rings (SSSR count). The van der Waals surface area contributed by atoms with E-state index in [1.54, 1.807) is 12.1 Å². The molecular formula is C20H21ClN4O2S. The van der Waals surface area contributed by atoms with Gasteiger partial charge in [-0.2, -0.15) is 0 Å². The van der Waals surface area contributed by atoms with E-state index in [4.69, 9.17) is 16.3 Å². The summed E-state index contributed by atoms with van der Waals surface area (Å²) in [6.45, 7) is 4.26. The van der Waals surface area contributed by atoms with Crippen LogP contribution in [0.15, 0.2) is 47.6 Å². The van der Waals surface area contributed by atoms with E-state index in [2.05, 4.69) is 27.4 Å². The van der Waals surface area contributed by atoms with E-state index in [0.717, 1.165) is 17.7 Å². The fraction of sp³-hybridized carbons (Fsp3) is 0.250. The van der Waals surface area contributed by atoms with Gasteiger partial charge in [-0.1, -0.05) is 48.5 Å². The normalized spacial score (nSPS) is 10.7. The first kappa shape index (κ1) is 20.2. The van der Waals surface area contributed by atoms with Crippen molar-refractivity contribution in [2.45, 2.75) is 32.0 Å². The zero-order valence-electron chi connectivity index (χ0n) is 15.7. The monoisotopic (exact) mass is 416 g/mol. The predicted molar refractivity (Wildman–Crippen MR) is 112 cm³/mol. The van der Waals surface area contributed by atoms with Gasteiger partial charge in [-0.15, -0.1) is 5.10 Å². The van der Waals surface area contributed by atoms with E-state index in [9.17, 15) is 4.79 Å². The molecule has 1 aromatic heterocycles. The molecule has 0 aliphatic carbocycles. The average molecular weight is 417 g/mol. The van der Waals surface area contributed by atoms with Crippen molar-refractivity contribution in [2.24, 2.45) is 0 Å². The van der Waals surface area contributed by atoms with Crippen molar-refractivity contribution < 1.29 is 9.53 Å². The average Bonchev–Trinajstić information content (AvgIpc) is 3.17. The van der Waals surface area contributed by atoms with E-state index in [1.165, 1.54) is 17.3 Å². The molecule has 0 aliphatic rings.